The number of hydrogen-bond acceptors (Lipinski definition) is 3. The summed E-state index contributed by atoms with van der Waals surface area (Å²) in [4.78, 5) is 20.5. The molecule has 5 rings (SSSR count). The van der Waals surface area contributed by atoms with Crippen molar-refractivity contribution in [2.24, 2.45) is 0 Å². The van der Waals surface area contributed by atoms with E-state index in [4.69, 9.17) is 4.98 Å². The molecule has 4 nitrogen and oxygen atoms in total. The Balaban J connectivity index is 1.26. The third-order valence-electron chi connectivity index (χ3n) is 5.38. The van der Waals surface area contributed by atoms with Crippen molar-refractivity contribution >= 4 is 22.2 Å². The standard InChI is InChI=1S/C20H21N3OS/c24-19(22-10-9-14-3-1-2-4-16(14)11-22)8-7-17-13-25-20-21-18(12-23(17)20)15-5-6-15/h1-4,12-13,15H,5-11H2. The lowest BCUT2D eigenvalue weighted by molar-refractivity contribution is -0.132. The summed E-state index contributed by atoms with van der Waals surface area (Å²) < 4.78 is 2.19. The van der Waals surface area contributed by atoms with E-state index in [0.29, 0.717) is 12.3 Å². The van der Waals surface area contributed by atoms with Gasteiger partial charge in [0.2, 0.25) is 5.91 Å². The van der Waals surface area contributed by atoms with Crippen LogP contribution in [-0.4, -0.2) is 26.7 Å². The summed E-state index contributed by atoms with van der Waals surface area (Å²) in [6.07, 6.45) is 7.06. The third-order valence-corrected chi connectivity index (χ3v) is 6.26. The van der Waals surface area contributed by atoms with E-state index in [1.807, 2.05) is 4.90 Å². The van der Waals surface area contributed by atoms with Gasteiger partial charge >= 0.3 is 0 Å². The number of nitrogens with zero attached hydrogens (tertiary/aromatic N) is 3. The molecule has 0 bridgehead atoms. The topological polar surface area (TPSA) is 37.6 Å². The summed E-state index contributed by atoms with van der Waals surface area (Å²) in [6, 6.07) is 8.46. The molecule has 0 N–H and O–H groups in total. The lowest BCUT2D eigenvalue weighted by atomic mass is 9.99. The van der Waals surface area contributed by atoms with Gasteiger partial charge < -0.3 is 4.90 Å². The van der Waals surface area contributed by atoms with Gasteiger partial charge in [0.05, 0.1) is 5.69 Å². The van der Waals surface area contributed by atoms with Crippen LogP contribution in [0.15, 0.2) is 35.8 Å². The van der Waals surface area contributed by atoms with Crippen molar-refractivity contribution in [1.82, 2.24) is 14.3 Å². The van der Waals surface area contributed by atoms with Gasteiger partial charge in [-0.25, -0.2) is 4.98 Å². The number of fused-ring (bicyclic) bond motifs is 2. The highest BCUT2D eigenvalue weighted by molar-refractivity contribution is 7.15. The van der Waals surface area contributed by atoms with E-state index in [1.54, 1.807) is 11.3 Å². The number of hydrogen-bond donors (Lipinski definition) is 0. The van der Waals surface area contributed by atoms with Crippen molar-refractivity contribution in [3.63, 3.8) is 0 Å². The first-order valence-corrected chi connectivity index (χ1v) is 9.96. The monoisotopic (exact) mass is 351 g/mol. The molecule has 25 heavy (non-hydrogen) atoms. The molecule has 5 heteroatoms. The van der Waals surface area contributed by atoms with Gasteiger partial charge in [-0.05, 0) is 36.8 Å². The molecule has 3 heterocycles. The van der Waals surface area contributed by atoms with E-state index in [1.165, 1.54) is 35.4 Å². The van der Waals surface area contributed by atoms with Crippen LogP contribution in [0.1, 0.15) is 47.7 Å². The molecule has 0 radical (unpaired) electrons. The number of thiazole rings is 1. The van der Waals surface area contributed by atoms with Gasteiger partial charge in [-0.3, -0.25) is 9.20 Å². The SMILES string of the molecule is O=C(CCc1csc2nc(C3CC3)cn12)N1CCc2ccccc2C1. The summed E-state index contributed by atoms with van der Waals surface area (Å²) in [5, 5.41) is 2.15. The molecule has 0 spiro atoms. The summed E-state index contributed by atoms with van der Waals surface area (Å²) >= 11 is 1.68. The quantitative estimate of drug-likeness (QED) is 0.717. The molecule has 2 aliphatic rings. The zero-order valence-corrected chi connectivity index (χ0v) is 15.0. The predicted octanol–water partition coefficient (Wildman–Crippen LogP) is 3.79. The minimum Gasteiger partial charge on any atom is -0.338 e. The van der Waals surface area contributed by atoms with E-state index >= 15 is 0 Å². The minimum absolute atomic E-state index is 0.261. The first-order chi connectivity index (χ1) is 12.3. The van der Waals surface area contributed by atoms with Crippen molar-refractivity contribution in [3.05, 3.63) is 58.4 Å². The number of aryl methyl sites for hydroxylation is 1. The second-order valence-corrected chi connectivity index (χ2v) is 7.99. The van der Waals surface area contributed by atoms with Gasteiger partial charge in [0.15, 0.2) is 4.96 Å². The summed E-state index contributed by atoms with van der Waals surface area (Å²) in [6.45, 7) is 1.59. The Kier molecular flexibility index (Phi) is 3.63. The molecule has 0 unspecified atom stereocenters. The van der Waals surface area contributed by atoms with Gasteiger partial charge in [0, 0.05) is 42.7 Å². The van der Waals surface area contributed by atoms with Crippen molar-refractivity contribution in [1.29, 1.82) is 0 Å². The fourth-order valence-electron chi connectivity index (χ4n) is 3.70. The zero-order chi connectivity index (χ0) is 16.8. The van der Waals surface area contributed by atoms with Crippen LogP contribution in [-0.2, 0) is 24.2 Å². The van der Waals surface area contributed by atoms with Gasteiger partial charge in [-0.1, -0.05) is 24.3 Å². The van der Waals surface area contributed by atoms with Crippen molar-refractivity contribution in [2.75, 3.05) is 6.54 Å². The number of carbonyl (C=O) groups excluding carboxylic acids is 1. The second-order valence-electron chi connectivity index (χ2n) is 7.15. The number of rotatable bonds is 4. The maximum absolute atomic E-state index is 12.7. The predicted molar refractivity (Wildman–Crippen MR) is 98.9 cm³/mol. The Morgan fingerprint density at radius 1 is 1.24 bits per heavy atom. The molecule has 1 fully saturated rings. The Labute approximate surface area is 151 Å². The molecule has 1 aliphatic heterocycles. The van der Waals surface area contributed by atoms with Crippen LogP contribution in [0.25, 0.3) is 4.96 Å². The fraction of sp³-hybridized carbons (Fsp3) is 0.400. The highest BCUT2D eigenvalue weighted by Gasteiger charge is 2.27. The Bertz CT molecular complexity index is 937. The second kappa shape index (κ2) is 5.99. The van der Waals surface area contributed by atoms with E-state index < -0.39 is 0 Å². The smallest absolute Gasteiger partial charge is 0.223 e. The Hall–Kier alpha value is -2.14. The van der Waals surface area contributed by atoms with E-state index in [-0.39, 0.29) is 5.91 Å². The Morgan fingerprint density at radius 2 is 2.08 bits per heavy atom. The first-order valence-electron chi connectivity index (χ1n) is 9.08. The van der Waals surface area contributed by atoms with Crippen molar-refractivity contribution in [2.45, 2.75) is 44.6 Å². The number of carbonyl (C=O) groups is 1. The van der Waals surface area contributed by atoms with Crippen LogP contribution in [0.4, 0.5) is 0 Å². The maximum Gasteiger partial charge on any atom is 0.223 e. The fourth-order valence-corrected chi connectivity index (χ4v) is 4.62. The van der Waals surface area contributed by atoms with Crippen LogP contribution in [0.5, 0.6) is 0 Å². The molecular formula is C20H21N3OS. The molecule has 1 amide bonds. The molecule has 2 aromatic heterocycles. The minimum atomic E-state index is 0.261. The lowest BCUT2D eigenvalue weighted by Crippen LogP contribution is -2.36. The normalized spacial score (nSPS) is 17.0. The van der Waals surface area contributed by atoms with Gasteiger partial charge in [-0.2, -0.15) is 0 Å². The summed E-state index contributed by atoms with van der Waals surface area (Å²) in [5.74, 6) is 0.936. The highest BCUT2D eigenvalue weighted by Crippen LogP contribution is 2.40. The molecule has 1 saturated carbocycles. The van der Waals surface area contributed by atoms with E-state index in [0.717, 1.165) is 30.9 Å². The summed E-state index contributed by atoms with van der Waals surface area (Å²) in [7, 11) is 0. The van der Waals surface area contributed by atoms with Crippen molar-refractivity contribution in [3.8, 4) is 0 Å². The van der Waals surface area contributed by atoms with E-state index in [2.05, 4.69) is 40.2 Å². The first kappa shape index (κ1) is 15.1. The number of imidazole rings is 1. The highest BCUT2D eigenvalue weighted by atomic mass is 32.1. The molecular weight excluding hydrogens is 330 g/mol. The molecule has 0 atom stereocenters. The zero-order valence-electron chi connectivity index (χ0n) is 14.1. The van der Waals surface area contributed by atoms with Crippen LogP contribution in [0.2, 0.25) is 0 Å². The van der Waals surface area contributed by atoms with Crippen molar-refractivity contribution < 1.29 is 4.79 Å². The molecule has 128 valence electrons. The third kappa shape index (κ3) is 2.86. The molecule has 1 aromatic carbocycles. The molecule has 3 aromatic rings. The lowest BCUT2D eigenvalue weighted by Gasteiger charge is -2.29. The summed E-state index contributed by atoms with van der Waals surface area (Å²) in [5.41, 5.74) is 5.12. The van der Waals surface area contributed by atoms with Crippen LogP contribution >= 0.6 is 11.3 Å². The average Bonchev–Trinajstić information content (AvgIpc) is 3.30. The van der Waals surface area contributed by atoms with Crippen LogP contribution in [0, 0.1) is 0 Å². The van der Waals surface area contributed by atoms with Gasteiger partial charge in [0.1, 0.15) is 0 Å². The maximum atomic E-state index is 12.7. The number of benzene rings is 1. The molecule has 0 saturated heterocycles. The largest absolute Gasteiger partial charge is 0.338 e. The Morgan fingerprint density at radius 3 is 2.92 bits per heavy atom. The number of amides is 1. The van der Waals surface area contributed by atoms with Crippen LogP contribution < -0.4 is 0 Å². The van der Waals surface area contributed by atoms with Gasteiger partial charge in [0.25, 0.3) is 0 Å². The number of aromatic nitrogens is 2. The molecule has 1 aliphatic carbocycles. The van der Waals surface area contributed by atoms with Crippen LogP contribution in [0.3, 0.4) is 0 Å². The van der Waals surface area contributed by atoms with E-state index in [9.17, 15) is 4.79 Å². The average molecular weight is 351 g/mol. The van der Waals surface area contributed by atoms with Gasteiger partial charge in [-0.15, -0.1) is 11.3 Å².